The van der Waals surface area contributed by atoms with Crippen LogP contribution in [0, 0.1) is 0 Å². The summed E-state index contributed by atoms with van der Waals surface area (Å²) in [6, 6.07) is 4.86. The molecule has 2 heterocycles. The van der Waals surface area contributed by atoms with E-state index in [1.807, 2.05) is 13.0 Å². The van der Waals surface area contributed by atoms with Gasteiger partial charge in [0, 0.05) is 11.6 Å². The summed E-state index contributed by atoms with van der Waals surface area (Å²) in [5.74, 6) is 0.439. The van der Waals surface area contributed by atoms with Crippen molar-refractivity contribution in [3.8, 4) is 5.75 Å². The number of hydrogen-bond acceptors (Lipinski definition) is 5. The molecule has 1 aromatic heterocycles. The van der Waals surface area contributed by atoms with Gasteiger partial charge < -0.3 is 15.4 Å². The first-order valence-corrected chi connectivity index (χ1v) is 7.53. The molecule has 1 aliphatic rings. The zero-order chi connectivity index (χ0) is 15.5. The van der Waals surface area contributed by atoms with Gasteiger partial charge in [0.15, 0.2) is 11.7 Å². The fraction of sp³-hybridized carbons (Fsp3) is 0.214. The Morgan fingerprint density at radius 3 is 3.14 bits per heavy atom. The second kappa shape index (κ2) is 6.02. The largest absolute Gasteiger partial charge is 0.482 e. The topological polar surface area (TPSA) is 92.4 Å². The maximum absolute atomic E-state index is 11.9. The Balaban J connectivity index is 1.67. The van der Waals surface area contributed by atoms with Crippen molar-refractivity contribution in [1.29, 1.82) is 0 Å². The van der Waals surface area contributed by atoms with Crippen LogP contribution in [0.2, 0.25) is 0 Å². The van der Waals surface area contributed by atoms with Crippen molar-refractivity contribution in [2.45, 2.75) is 13.0 Å². The molecule has 1 atom stereocenters. The van der Waals surface area contributed by atoms with Gasteiger partial charge in [-0.2, -0.15) is 0 Å². The van der Waals surface area contributed by atoms with Crippen LogP contribution in [-0.2, 0) is 4.79 Å². The predicted molar refractivity (Wildman–Crippen MR) is 83.3 cm³/mol. The average Bonchev–Trinajstić information content (AvgIpc) is 2.99. The summed E-state index contributed by atoms with van der Waals surface area (Å²) in [6.45, 7) is 1.88. The van der Waals surface area contributed by atoms with Gasteiger partial charge in [-0.15, -0.1) is 11.3 Å². The number of thiazole rings is 1. The minimum atomic E-state index is -0.333. The maximum atomic E-state index is 11.9. The SMILES string of the molecule is C[C@H](NC(=O)Nc1nccs1)c1ccc2c(c1)NC(=O)CO2. The van der Waals surface area contributed by atoms with Crippen LogP contribution in [0.5, 0.6) is 5.75 Å². The van der Waals surface area contributed by atoms with Gasteiger partial charge in [-0.25, -0.2) is 9.78 Å². The van der Waals surface area contributed by atoms with Crippen molar-refractivity contribution in [2.75, 3.05) is 17.2 Å². The zero-order valence-electron chi connectivity index (χ0n) is 11.8. The highest BCUT2D eigenvalue weighted by atomic mass is 32.1. The molecule has 1 aromatic carbocycles. The van der Waals surface area contributed by atoms with E-state index in [0.717, 1.165) is 5.56 Å². The van der Waals surface area contributed by atoms with E-state index in [2.05, 4.69) is 20.9 Å². The van der Waals surface area contributed by atoms with Crippen LogP contribution < -0.4 is 20.7 Å². The lowest BCUT2D eigenvalue weighted by Gasteiger charge is -2.20. The third kappa shape index (κ3) is 3.17. The molecule has 22 heavy (non-hydrogen) atoms. The van der Waals surface area contributed by atoms with Crippen LogP contribution in [0.15, 0.2) is 29.8 Å². The number of amides is 3. The summed E-state index contributed by atoms with van der Waals surface area (Å²) in [4.78, 5) is 27.2. The second-order valence-electron chi connectivity index (χ2n) is 4.75. The molecule has 3 rings (SSSR count). The van der Waals surface area contributed by atoms with Crippen molar-refractivity contribution >= 4 is 34.1 Å². The van der Waals surface area contributed by atoms with E-state index in [1.165, 1.54) is 11.3 Å². The number of benzene rings is 1. The molecular weight excluding hydrogens is 304 g/mol. The van der Waals surface area contributed by atoms with Crippen LogP contribution in [0.4, 0.5) is 15.6 Å². The monoisotopic (exact) mass is 318 g/mol. The number of ether oxygens (including phenoxy) is 1. The van der Waals surface area contributed by atoms with Crippen molar-refractivity contribution in [1.82, 2.24) is 10.3 Å². The van der Waals surface area contributed by atoms with E-state index in [4.69, 9.17) is 4.74 Å². The zero-order valence-corrected chi connectivity index (χ0v) is 12.6. The Kier molecular flexibility index (Phi) is 3.92. The summed E-state index contributed by atoms with van der Waals surface area (Å²) in [5.41, 5.74) is 1.47. The van der Waals surface area contributed by atoms with Crippen LogP contribution in [-0.4, -0.2) is 23.5 Å². The number of urea groups is 1. The number of nitrogens with one attached hydrogen (secondary N) is 3. The van der Waals surface area contributed by atoms with Crippen LogP contribution in [0.3, 0.4) is 0 Å². The molecule has 0 bridgehead atoms. The number of anilines is 2. The molecular formula is C14H14N4O3S. The molecule has 114 valence electrons. The van der Waals surface area contributed by atoms with Gasteiger partial charge in [-0.1, -0.05) is 6.07 Å². The predicted octanol–water partition coefficient (Wildman–Crippen LogP) is 2.36. The highest BCUT2D eigenvalue weighted by Crippen LogP contribution is 2.30. The lowest BCUT2D eigenvalue weighted by molar-refractivity contribution is -0.118. The Morgan fingerprint density at radius 2 is 2.36 bits per heavy atom. The summed E-state index contributed by atoms with van der Waals surface area (Å²) < 4.78 is 5.30. The summed E-state index contributed by atoms with van der Waals surface area (Å²) in [7, 11) is 0. The van der Waals surface area contributed by atoms with E-state index >= 15 is 0 Å². The maximum Gasteiger partial charge on any atom is 0.321 e. The molecule has 1 aliphatic heterocycles. The second-order valence-corrected chi connectivity index (χ2v) is 5.64. The minimum Gasteiger partial charge on any atom is -0.482 e. The lowest BCUT2D eigenvalue weighted by atomic mass is 10.1. The van der Waals surface area contributed by atoms with E-state index in [9.17, 15) is 9.59 Å². The first-order valence-electron chi connectivity index (χ1n) is 6.65. The van der Waals surface area contributed by atoms with Crippen molar-refractivity contribution in [3.05, 3.63) is 35.3 Å². The molecule has 0 spiro atoms. The van der Waals surface area contributed by atoms with Gasteiger partial charge in [0.25, 0.3) is 5.91 Å². The molecule has 7 nitrogen and oxygen atoms in total. The molecule has 8 heteroatoms. The minimum absolute atomic E-state index is 0.0242. The van der Waals surface area contributed by atoms with Crippen LogP contribution in [0.1, 0.15) is 18.5 Å². The number of hydrogen-bond donors (Lipinski definition) is 3. The van der Waals surface area contributed by atoms with Crippen molar-refractivity contribution in [3.63, 3.8) is 0 Å². The summed E-state index contributed by atoms with van der Waals surface area (Å²) in [5, 5.41) is 10.5. The van der Waals surface area contributed by atoms with E-state index in [1.54, 1.807) is 23.7 Å². The number of aromatic nitrogens is 1. The van der Waals surface area contributed by atoms with E-state index in [-0.39, 0.29) is 24.6 Å². The Bertz CT molecular complexity index is 702. The first-order chi connectivity index (χ1) is 10.6. The van der Waals surface area contributed by atoms with E-state index in [0.29, 0.717) is 16.6 Å². The third-order valence-electron chi connectivity index (χ3n) is 3.14. The lowest BCUT2D eigenvalue weighted by Crippen LogP contribution is -2.31. The van der Waals surface area contributed by atoms with Gasteiger partial charge >= 0.3 is 6.03 Å². The summed E-state index contributed by atoms with van der Waals surface area (Å²) >= 11 is 1.35. The number of rotatable bonds is 3. The third-order valence-corrected chi connectivity index (χ3v) is 3.83. The number of carbonyl (C=O) groups is 2. The molecule has 0 saturated carbocycles. The standard InChI is InChI=1S/C14H14N4O3S/c1-8(16-13(20)18-14-15-4-5-22-14)9-2-3-11-10(6-9)17-12(19)7-21-11/h2-6,8H,7H2,1H3,(H,17,19)(H2,15,16,18,20)/t8-/m0/s1. The molecule has 0 aliphatic carbocycles. The van der Waals surface area contributed by atoms with Crippen molar-refractivity contribution < 1.29 is 14.3 Å². The quantitative estimate of drug-likeness (QED) is 0.810. The molecule has 0 fully saturated rings. The normalized spacial score (nSPS) is 14.3. The molecule has 3 N–H and O–H groups in total. The Hall–Kier alpha value is -2.61. The van der Waals surface area contributed by atoms with Gasteiger partial charge in [-0.3, -0.25) is 10.1 Å². The fourth-order valence-corrected chi connectivity index (χ4v) is 2.59. The van der Waals surface area contributed by atoms with Crippen LogP contribution in [0.25, 0.3) is 0 Å². The van der Waals surface area contributed by atoms with Crippen molar-refractivity contribution in [2.24, 2.45) is 0 Å². The highest BCUT2D eigenvalue weighted by Gasteiger charge is 2.18. The highest BCUT2D eigenvalue weighted by molar-refractivity contribution is 7.13. The Labute approximate surface area is 130 Å². The fourth-order valence-electron chi connectivity index (χ4n) is 2.07. The average molecular weight is 318 g/mol. The molecule has 3 amide bonds. The molecule has 0 radical (unpaired) electrons. The van der Waals surface area contributed by atoms with Gasteiger partial charge in [0.2, 0.25) is 0 Å². The van der Waals surface area contributed by atoms with Gasteiger partial charge in [0.05, 0.1) is 11.7 Å². The number of fused-ring (bicyclic) bond motifs is 1. The van der Waals surface area contributed by atoms with Crippen LogP contribution >= 0.6 is 11.3 Å². The first kappa shape index (κ1) is 14.3. The van der Waals surface area contributed by atoms with Gasteiger partial charge in [0.1, 0.15) is 5.75 Å². The Morgan fingerprint density at radius 1 is 1.50 bits per heavy atom. The number of carbonyl (C=O) groups excluding carboxylic acids is 2. The van der Waals surface area contributed by atoms with Gasteiger partial charge in [-0.05, 0) is 24.6 Å². The summed E-state index contributed by atoms with van der Waals surface area (Å²) in [6.07, 6.45) is 1.62. The molecule has 0 unspecified atom stereocenters. The smallest absolute Gasteiger partial charge is 0.321 e. The molecule has 0 saturated heterocycles. The van der Waals surface area contributed by atoms with E-state index < -0.39 is 0 Å². The molecule has 2 aromatic rings. The number of nitrogens with zero attached hydrogens (tertiary/aromatic N) is 1.